The quantitative estimate of drug-likeness (QED) is 0.669. The van der Waals surface area contributed by atoms with Crippen molar-refractivity contribution in [1.29, 1.82) is 0 Å². The summed E-state index contributed by atoms with van der Waals surface area (Å²) in [7, 11) is 1.50. The molecular weight excluding hydrogens is 184 g/mol. The van der Waals surface area contributed by atoms with E-state index < -0.39 is 0 Å². The third-order valence-electron chi connectivity index (χ3n) is 1.91. The molecule has 1 amide bonds. The van der Waals surface area contributed by atoms with Crippen LogP contribution >= 0.6 is 0 Å². The highest BCUT2D eigenvalue weighted by atomic mass is 16.5. The predicted octanol–water partition coefficient (Wildman–Crippen LogP) is 0.239. The maximum atomic E-state index is 11.3. The van der Waals surface area contributed by atoms with Crippen LogP contribution in [0.2, 0.25) is 0 Å². The van der Waals surface area contributed by atoms with Gasteiger partial charge in [-0.3, -0.25) is 4.79 Å². The number of carbonyl (C=O) groups excluding carboxylic acids is 1. The van der Waals surface area contributed by atoms with Gasteiger partial charge in [0.15, 0.2) is 5.82 Å². The van der Waals surface area contributed by atoms with Gasteiger partial charge in [0.1, 0.15) is 12.0 Å². The van der Waals surface area contributed by atoms with E-state index in [1.54, 1.807) is 0 Å². The largest absolute Gasteiger partial charge is 0.479 e. The molecule has 0 radical (unpaired) electrons. The third-order valence-corrected chi connectivity index (χ3v) is 1.91. The van der Waals surface area contributed by atoms with E-state index in [1.165, 1.54) is 13.4 Å². The van der Waals surface area contributed by atoms with Crippen molar-refractivity contribution in [3.05, 3.63) is 6.33 Å². The van der Waals surface area contributed by atoms with Crippen LogP contribution in [0.1, 0.15) is 6.42 Å². The first-order valence-corrected chi connectivity index (χ1v) is 4.24. The van der Waals surface area contributed by atoms with Crippen molar-refractivity contribution in [2.45, 2.75) is 6.42 Å². The highest BCUT2D eigenvalue weighted by Gasteiger charge is 2.17. The van der Waals surface area contributed by atoms with Crippen LogP contribution in [0.3, 0.4) is 0 Å². The number of rotatable bonds is 1. The van der Waals surface area contributed by atoms with Gasteiger partial charge in [-0.2, -0.15) is 4.98 Å². The number of hydrogen-bond donors (Lipinski definition) is 2. The summed E-state index contributed by atoms with van der Waals surface area (Å²) in [5.74, 6) is 0.907. The van der Waals surface area contributed by atoms with E-state index in [1.807, 2.05) is 0 Å². The first kappa shape index (κ1) is 8.74. The average molecular weight is 194 g/mol. The van der Waals surface area contributed by atoms with Crippen molar-refractivity contribution >= 4 is 17.4 Å². The lowest BCUT2D eigenvalue weighted by molar-refractivity contribution is -0.115. The van der Waals surface area contributed by atoms with E-state index in [9.17, 15) is 4.79 Å². The van der Waals surface area contributed by atoms with Crippen LogP contribution in [-0.2, 0) is 4.79 Å². The lowest BCUT2D eigenvalue weighted by Gasteiger charge is -2.08. The fraction of sp³-hybridized carbons (Fsp3) is 0.375. The van der Waals surface area contributed by atoms with Gasteiger partial charge in [0.2, 0.25) is 11.8 Å². The number of hydrogen-bond acceptors (Lipinski definition) is 5. The smallest absolute Gasteiger partial charge is 0.242 e. The minimum Gasteiger partial charge on any atom is -0.479 e. The van der Waals surface area contributed by atoms with Gasteiger partial charge < -0.3 is 15.4 Å². The molecule has 2 heterocycles. The molecule has 6 heteroatoms. The number of amides is 1. The second-order valence-electron chi connectivity index (χ2n) is 2.83. The molecule has 14 heavy (non-hydrogen) atoms. The molecule has 0 aliphatic carbocycles. The summed E-state index contributed by atoms with van der Waals surface area (Å²) in [5, 5.41) is 5.71. The molecule has 74 valence electrons. The first-order chi connectivity index (χ1) is 6.81. The van der Waals surface area contributed by atoms with Crippen LogP contribution in [0.25, 0.3) is 0 Å². The number of carbonyl (C=O) groups is 1. The number of aromatic nitrogens is 2. The Labute approximate surface area is 80.7 Å². The van der Waals surface area contributed by atoms with Gasteiger partial charge in [0, 0.05) is 13.0 Å². The fourth-order valence-electron chi connectivity index (χ4n) is 1.27. The Morgan fingerprint density at radius 2 is 2.36 bits per heavy atom. The zero-order valence-electron chi connectivity index (χ0n) is 7.70. The summed E-state index contributed by atoms with van der Waals surface area (Å²) < 4.78 is 5.01. The van der Waals surface area contributed by atoms with Crippen molar-refractivity contribution in [3.8, 4) is 5.88 Å². The Bertz CT molecular complexity index is 366. The molecule has 2 rings (SSSR count). The Morgan fingerprint density at radius 3 is 3.14 bits per heavy atom. The number of nitrogens with zero attached hydrogens (tertiary/aromatic N) is 2. The lowest BCUT2D eigenvalue weighted by atomic mass is 10.4. The molecular formula is C8H10N4O2. The normalized spacial score (nSPS) is 14.8. The van der Waals surface area contributed by atoms with Crippen LogP contribution in [0.15, 0.2) is 6.33 Å². The standard InChI is InChI=1S/C8H10N4O2/c1-14-8-6-7(10-4-11-8)9-3-2-5(13)12-6/h4H,2-3H2,1H3,(H,12,13)(H,9,10,11). The van der Waals surface area contributed by atoms with Crippen molar-refractivity contribution < 1.29 is 9.53 Å². The fourth-order valence-corrected chi connectivity index (χ4v) is 1.27. The van der Waals surface area contributed by atoms with Gasteiger partial charge in [-0.05, 0) is 0 Å². The van der Waals surface area contributed by atoms with Crippen LogP contribution < -0.4 is 15.4 Å². The minimum absolute atomic E-state index is 0.0654. The lowest BCUT2D eigenvalue weighted by Crippen LogP contribution is -2.11. The van der Waals surface area contributed by atoms with Crippen LogP contribution in [0, 0.1) is 0 Å². The first-order valence-electron chi connectivity index (χ1n) is 4.24. The molecule has 0 aromatic carbocycles. The summed E-state index contributed by atoms with van der Waals surface area (Å²) in [6.07, 6.45) is 1.81. The highest BCUT2D eigenvalue weighted by Crippen LogP contribution is 2.29. The number of ether oxygens (including phenoxy) is 1. The molecule has 6 nitrogen and oxygen atoms in total. The minimum atomic E-state index is -0.0654. The van der Waals surface area contributed by atoms with Crippen molar-refractivity contribution in [2.24, 2.45) is 0 Å². The molecule has 0 bridgehead atoms. The third kappa shape index (κ3) is 1.46. The number of fused-ring (bicyclic) bond motifs is 1. The Morgan fingerprint density at radius 1 is 1.50 bits per heavy atom. The van der Waals surface area contributed by atoms with Gasteiger partial charge in [-0.15, -0.1) is 0 Å². The number of methoxy groups -OCH3 is 1. The van der Waals surface area contributed by atoms with Gasteiger partial charge in [-0.25, -0.2) is 4.98 Å². The SMILES string of the molecule is COc1ncnc2c1NC(=O)CCN2. The molecule has 1 aliphatic rings. The maximum absolute atomic E-state index is 11.3. The molecule has 1 aromatic rings. The van der Waals surface area contributed by atoms with E-state index in [4.69, 9.17) is 4.74 Å². The van der Waals surface area contributed by atoms with Gasteiger partial charge in [0.25, 0.3) is 0 Å². The summed E-state index contributed by atoms with van der Waals surface area (Å²) in [6, 6.07) is 0. The second-order valence-corrected chi connectivity index (χ2v) is 2.83. The van der Waals surface area contributed by atoms with Crippen molar-refractivity contribution in [3.63, 3.8) is 0 Å². The molecule has 0 saturated carbocycles. The maximum Gasteiger partial charge on any atom is 0.242 e. The van der Waals surface area contributed by atoms with Crippen LogP contribution in [-0.4, -0.2) is 29.5 Å². The Kier molecular flexibility index (Phi) is 2.18. The van der Waals surface area contributed by atoms with Gasteiger partial charge in [-0.1, -0.05) is 0 Å². The van der Waals surface area contributed by atoms with E-state index >= 15 is 0 Å². The zero-order chi connectivity index (χ0) is 9.97. The van der Waals surface area contributed by atoms with E-state index in [0.29, 0.717) is 30.4 Å². The molecule has 0 unspecified atom stereocenters. The highest BCUT2D eigenvalue weighted by molar-refractivity contribution is 5.96. The summed E-state index contributed by atoms with van der Waals surface area (Å²) in [5.41, 5.74) is 0.512. The van der Waals surface area contributed by atoms with Crippen LogP contribution in [0.5, 0.6) is 5.88 Å². The molecule has 2 N–H and O–H groups in total. The topological polar surface area (TPSA) is 76.1 Å². The van der Waals surface area contributed by atoms with Crippen LogP contribution in [0.4, 0.5) is 11.5 Å². The number of anilines is 2. The zero-order valence-corrected chi connectivity index (χ0v) is 7.70. The van der Waals surface area contributed by atoms with Crippen molar-refractivity contribution in [2.75, 3.05) is 24.3 Å². The van der Waals surface area contributed by atoms with Crippen molar-refractivity contribution in [1.82, 2.24) is 9.97 Å². The monoisotopic (exact) mass is 194 g/mol. The molecule has 0 fully saturated rings. The molecule has 1 aliphatic heterocycles. The van der Waals surface area contributed by atoms with E-state index in [-0.39, 0.29) is 5.91 Å². The summed E-state index contributed by atoms with van der Waals surface area (Å²) in [6.45, 7) is 0.568. The average Bonchev–Trinajstić information content (AvgIpc) is 2.38. The molecule has 0 atom stereocenters. The number of nitrogens with one attached hydrogen (secondary N) is 2. The Balaban J connectivity index is 2.45. The predicted molar refractivity (Wildman–Crippen MR) is 50.3 cm³/mol. The summed E-state index contributed by atoms with van der Waals surface area (Å²) in [4.78, 5) is 19.2. The van der Waals surface area contributed by atoms with E-state index in [2.05, 4.69) is 20.6 Å². The van der Waals surface area contributed by atoms with Gasteiger partial charge in [0.05, 0.1) is 7.11 Å². The molecule has 1 aromatic heterocycles. The summed E-state index contributed by atoms with van der Waals surface area (Å²) >= 11 is 0. The molecule has 0 saturated heterocycles. The van der Waals surface area contributed by atoms with Gasteiger partial charge >= 0.3 is 0 Å². The van der Waals surface area contributed by atoms with E-state index in [0.717, 1.165) is 0 Å². The second kappa shape index (κ2) is 3.49. The Hall–Kier alpha value is -1.85. The molecule has 0 spiro atoms.